The molecule has 0 spiro atoms. The number of amides is 2. The van der Waals surface area contributed by atoms with Gasteiger partial charge in [-0.2, -0.15) is 0 Å². The quantitative estimate of drug-likeness (QED) is 0.869. The summed E-state index contributed by atoms with van der Waals surface area (Å²) in [5, 5.41) is 3.24. The number of benzene rings is 2. The number of carbonyl (C=O) groups is 1. The van der Waals surface area contributed by atoms with Crippen molar-refractivity contribution in [2.75, 3.05) is 22.5 Å². The summed E-state index contributed by atoms with van der Waals surface area (Å²) >= 11 is 5.89. The van der Waals surface area contributed by atoms with E-state index in [2.05, 4.69) is 5.32 Å². The van der Waals surface area contributed by atoms with Crippen LogP contribution in [0.15, 0.2) is 53.4 Å². The van der Waals surface area contributed by atoms with Crippen LogP contribution >= 0.6 is 11.6 Å². The van der Waals surface area contributed by atoms with Gasteiger partial charge in [0.25, 0.3) is 0 Å². The molecule has 0 fully saturated rings. The zero-order chi connectivity index (χ0) is 15.7. The summed E-state index contributed by atoms with van der Waals surface area (Å²) in [5.41, 5.74) is 0.955. The molecule has 0 aromatic heterocycles. The van der Waals surface area contributed by atoms with Gasteiger partial charge in [0.1, 0.15) is 0 Å². The SMILES string of the molecule is O=C(Nc1cccc(Cl)c1)N1CCS(=O)(=O)c2ccccc21. The lowest BCUT2D eigenvalue weighted by Crippen LogP contribution is -2.42. The van der Waals surface area contributed by atoms with Crippen LogP contribution in [0.25, 0.3) is 0 Å². The van der Waals surface area contributed by atoms with Crippen molar-refractivity contribution in [1.82, 2.24) is 0 Å². The number of anilines is 2. The van der Waals surface area contributed by atoms with E-state index in [-0.39, 0.29) is 23.2 Å². The Bertz CT molecular complexity index is 836. The summed E-state index contributed by atoms with van der Waals surface area (Å²) in [6.45, 7) is 0.117. The predicted octanol–water partition coefficient (Wildman–Crippen LogP) is 3.17. The maximum Gasteiger partial charge on any atom is 0.326 e. The average molecular weight is 337 g/mol. The highest BCUT2D eigenvalue weighted by Crippen LogP contribution is 2.30. The molecule has 2 amide bonds. The Morgan fingerprint density at radius 2 is 1.91 bits per heavy atom. The molecular weight excluding hydrogens is 324 g/mol. The Hall–Kier alpha value is -2.05. The van der Waals surface area contributed by atoms with Crippen LogP contribution in [-0.2, 0) is 9.84 Å². The second-order valence-corrected chi connectivity index (χ2v) is 7.39. The number of carbonyl (C=O) groups excluding carboxylic acids is 1. The summed E-state index contributed by atoms with van der Waals surface area (Å²) < 4.78 is 24.1. The number of rotatable bonds is 1. The van der Waals surface area contributed by atoms with Gasteiger partial charge in [0, 0.05) is 17.3 Å². The highest BCUT2D eigenvalue weighted by Gasteiger charge is 2.31. The van der Waals surface area contributed by atoms with Crippen LogP contribution in [0.5, 0.6) is 0 Å². The van der Waals surface area contributed by atoms with Gasteiger partial charge in [-0.3, -0.25) is 4.90 Å². The molecule has 0 radical (unpaired) electrons. The van der Waals surface area contributed by atoms with Gasteiger partial charge >= 0.3 is 6.03 Å². The molecule has 0 aliphatic carbocycles. The fourth-order valence-corrected chi connectivity index (χ4v) is 3.97. The Kier molecular flexibility index (Phi) is 3.80. The van der Waals surface area contributed by atoms with Crippen molar-refractivity contribution in [2.45, 2.75) is 4.90 Å². The number of nitrogens with zero attached hydrogens (tertiary/aromatic N) is 1. The molecule has 0 bridgehead atoms. The number of hydrogen-bond acceptors (Lipinski definition) is 3. The van der Waals surface area contributed by atoms with E-state index in [9.17, 15) is 13.2 Å². The van der Waals surface area contributed by atoms with Crippen molar-refractivity contribution in [3.8, 4) is 0 Å². The Balaban J connectivity index is 1.91. The number of sulfone groups is 1. The van der Waals surface area contributed by atoms with Gasteiger partial charge in [0.15, 0.2) is 9.84 Å². The third kappa shape index (κ3) is 2.80. The molecule has 2 aromatic carbocycles. The molecule has 7 heteroatoms. The molecule has 0 atom stereocenters. The minimum absolute atomic E-state index is 0.0903. The third-order valence-corrected chi connectivity index (χ3v) is 5.37. The molecule has 3 rings (SSSR count). The number of hydrogen-bond donors (Lipinski definition) is 1. The molecule has 1 aliphatic heterocycles. The minimum Gasteiger partial charge on any atom is -0.307 e. The molecule has 2 aromatic rings. The largest absolute Gasteiger partial charge is 0.326 e. The van der Waals surface area contributed by atoms with Crippen LogP contribution < -0.4 is 10.2 Å². The van der Waals surface area contributed by atoms with Gasteiger partial charge in [-0.25, -0.2) is 13.2 Å². The van der Waals surface area contributed by atoms with Crippen molar-refractivity contribution >= 4 is 38.8 Å². The van der Waals surface area contributed by atoms with E-state index in [4.69, 9.17) is 11.6 Å². The minimum atomic E-state index is -3.33. The van der Waals surface area contributed by atoms with Crippen LogP contribution in [0.4, 0.5) is 16.2 Å². The highest BCUT2D eigenvalue weighted by atomic mass is 35.5. The van der Waals surface area contributed by atoms with Gasteiger partial charge in [0.2, 0.25) is 0 Å². The Labute approximate surface area is 133 Å². The van der Waals surface area contributed by atoms with Gasteiger partial charge in [-0.05, 0) is 30.3 Å². The summed E-state index contributed by atoms with van der Waals surface area (Å²) in [7, 11) is -3.33. The van der Waals surface area contributed by atoms with Crippen molar-refractivity contribution in [2.24, 2.45) is 0 Å². The lowest BCUT2D eigenvalue weighted by atomic mass is 10.3. The molecular formula is C15H13ClN2O3S. The summed E-state index contributed by atoms with van der Waals surface area (Å²) in [6.07, 6.45) is 0. The Morgan fingerprint density at radius 3 is 2.68 bits per heavy atom. The number of para-hydroxylation sites is 1. The van der Waals surface area contributed by atoms with Crippen LogP contribution in [0.3, 0.4) is 0 Å². The van der Waals surface area contributed by atoms with Crippen LogP contribution in [0.2, 0.25) is 5.02 Å². The molecule has 114 valence electrons. The van der Waals surface area contributed by atoms with Gasteiger partial charge < -0.3 is 5.32 Å². The normalized spacial score (nSPS) is 16.0. The van der Waals surface area contributed by atoms with E-state index >= 15 is 0 Å². The first kappa shape index (κ1) is 14.9. The smallest absolute Gasteiger partial charge is 0.307 e. The second kappa shape index (κ2) is 5.62. The lowest BCUT2D eigenvalue weighted by Gasteiger charge is -2.29. The number of halogens is 1. The predicted molar refractivity (Wildman–Crippen MR) is 86.3 cm³/mol. The van der Waals surface area contributed by atoms with Crippen molar-refractivity contribution < 1.29 is 13.2 Å². The van der Waals surface area contributed by atoms with Gasteiger partial charge in [-0.1, -0.05) is 29.8 Å². The fourth-order valence-electron chi connectivity index (χ4n) is 2.35. The van der Waals surface area contributed by atoms with Crippen LogP contribution in [-0.4, -0.2) is 26.7 Å². The molecule has 5 nitrogen and oxygen atoms in total. The first-order valence-corrected chi connectivity index (χ1v) is 8.66. The van der Waals surface area contributed by atoms with Crippen LogP contribution in [0.1, 0.15) is 0 Å². The van der Waals surface area contributed by atoms with E-state index in [1.165, 1.54) is 11.0 Å². The van der Waals surface area contributed by atoms with Crippen LogP contribution in [0, 0.1) is 0 Å². The van der Waals surface area contributed by atoms with Crippen molar-refractivity contribution in [3.63, 3.8) is 0 Å². The Morgan fingerprint density at radius 1 is 1.14 bits per heavy atom. The molecule has 0 unspecified atom stereocenters. The average Bonchev–Trinajstić information content (AvgIpc) is 2.47. The first-order valence-electron chi connectivity index (χ1n) is 6.63. The van der Waals surface area contributed by atoms with Crippen molar-refractivity contribution in [1.29, 1.82) is 0 Å². The summed E-state index contributed by atoms with van der Waals surface area (Å²) in [5.74, 6) is -0.0903. The van der Waals surface area contributed by atoms with Gasteiger partial charge in [-0.15, -0.1) is 0 Å². The molecule has 1 aliphatic rings. The maximum absolute atomic E-state index is 12.4. The standard InChI is InChI=1S/C15H13ClN2O3S/c16-11-4-3-5-12(10-11)17-15(19)18-8-9-22(20,21)14-7-2-1-6-13(14)18/h1-7,10H,8-9H2,(H,17,19). The maximum atomic E-state index is 12.4. The lowest BCUT2D eigenvalue weighted by molar-refractivity contribution is 0.257. The van der Waals surface area contributed by atoms with E-state index in [1.54, 1.807) is 42.5 Å². The van der Waals surface area contributed by atoms with Gasteiger partial charge in [0.05, 0.1) is 16.3 Å². The first-order chi connectivity index (χ1) is 10.5. The van der Waals surface area contributed by atoms with E-state index in [0.717, 1.165) is 0 Å². The van der Waals surface area contributed by atoms with E-state index in [0.29, 0.717) is 16.4 Å². The molecule has 22 heavy (non-hydrogen) atoms. The van der Waals surface area contributed by atoms with E-state index < -0.39 is 9.84 Å². The monoisotopic (exact) mass is 336 g/mol. The number of fused-ring (bicyclic) bond motifs is 1. The second-order valence-electron chi connectivity index (χ2n) is 4.88. The van der Waals surface area contributed by atoms with E-state index in [1.807, 2.05) is 0 Å². The fraction of sp³-hybridized carbons (Fsp3) is 0.133. The van der Waals surface area contributed by atoms with Crippen molar-refractivity contribution in [3.05, 3.63) is 53.6 Å². The molecule has 0 saturated carbocycles. The molecule has 1 N–H and O–H groups in total. The molecule has 1 heterocycles. The third-order valence-electron chi connectivity index (χ3n) is 3.40. The topological polar surface area (TPSA) is 66.5 Å². The zero-order valence-electron chi connectivity index (χ0n) is 11.5. The highest BCUT2D eigenvalue weighted by molar-refractivity contribution is 7.91. The number of urea groups is 1. The molecule has 0 saturated heterocycles. The summed E-state index contributed by atoms with van der Waals surface area (Å²) in [4.78, 5) is 14.0. The summed E-state index contributed by atoms with van der Waals surface area (Å²) in [6, 6.07) is 12.9. The number of nitrogens with one attached hydrogen (secondary N) is 1. The zero-order valence-corrected chi connectivity index (χ0v) is 13.1.